The fourth-order valence-corrected chi connectivity index (χ4v) is 4.50. The minimum atomic E-state index is 0.113. The molecule has 2 saturated heterocycles. The van der Waals surface area contributed by atoms with Gasteiger partial charge in [0.25, 0.3) is 0 Å². The highest BCUT2D eigenvalue weighted by atomic mass is 16.5. The first kappa shape index (κ1) is 21.0. The van der Waals surface area contributed by atoms with Crippen molar-refractivity contribution in [2.45, 2.75) is 51.5 Å². The Labute approximate surface area is 168 Å². The molecule has 1 aromatic heterocycles. The lowest BCUT2D eigenvalue weighted by Gasteiger charge is -2.42. The summed E-state index contributed by atoms with van der Waals surface area (Å²) in [5.41, 5.74) is 1.26. The second-order valence-corrected chi connectivity index (χ2v) is 7.96. The van der Waals surface area contributed by atoms with Crippen LogP contribution in [0.5, 0.6) is 0 Å². The number of nitrogens with zero attached hydrogens (tertiary/aromatic N) is 4. The minimum absolute atomic E-state index is 0.113. The monoisotopic (exact) mass is 389 g/mol. The van der Waals surface area contributed by atoms with Crippen LogP contribution in [0, 0.1) is 5.92 Å². The lowest BCUT2D eigenvalue weighted by molar-refractivity contribution is -0.127. The highest BCUT2D eigenvalue weighted by molar-refractivity contribution is 5.78. The number of rotatable bonds is 8. The van der Waals surface area contributed by atoms with Crippen molar-refractivity contribution >= 4 is 11.7 Å². The van der Waals surface area contributed by atoms with Crippen molar-refractivity contribution in [1.82, 2.24) is 20.2 Å². The van der Waals surface area contributed by atoms with E-state index >= 15 is 0 Å². The highest BCUT2D eigenvalue weighted by Gasteiger charge is 2.32. The maximum atomic E-state index is 12.4. The van der Waals surface area contributed by atoms with E-state index in [0.717, 1.165) is 70.5 Å². The largest absolute Gasteiger partial charge is 0.383 e. The molecule has 156 valence electrons. The first-order valence-electron chi connectivity index (χ1n) is 10.8. The van der Waals surface area contributed by atoms with Gasteiger partial charge in [0.1, 0.15) is 12.1 Å². The number of methoxy groups -OCH3 is 1. The standard InChI is InChI=1S/C21H35N5O2/c1-3-5-17-14-22-16-24-20(17)25-11-7-19(8-12-25)26-10-4-6-18(15-26)21(27)23-9-13-28-2/h14,16,18-19H,3-13,15H2,1-2H3,(H,23,27)/t18-/m1/s1. The number of nitrogens with one attached hydrogen (secondary N) is 1. The van der Waals surface area contributed by atoms with Gasteiger partial charge in [-0.05, 0) is 38.6 Å². The number of aryl methyl sites for hydroxylation is 1. The molecule has 0 bridgehead atoms. The van der Waals surface area contributed by atoms with E-state index < -0.39 is 0 Å². The Hall–Kier alpha value is -1.73. The van der Waals surface area contributed by atoms with E-state index in [-0.39, 0.29) is 11.8 Å². The zero-order chi connectivity index (χ0) is 19.8. The number of anilines is 1. The summed E-state index contributed by atoms with van der Waals surface area (Å²) in [5, 5.41) is 3.01. The van der Waals surface area contributed by atoms with E-state index in [9.17, 15) is 4.79 Å². The number of hydrogen-bond donors (Lipinski definition) is 1. The van der Waals surface area contributed by atoms with Crippen LogP contribution < -0.4 is 10.2 Å². The topological polar surface area (TPSA) is 70.6 Å². The van der Waals surface area contributed by atoms with Gasteiger partial charge in [0.15, 0.2) is 0 Å². The fraction of sp³-hybridized carbons (Fsp3) is 0.762. The van der Waals surface area contributed by atoms with Gasteiger partial charge >= 0.3 is 0 Å². The SMILES string of the molecule is CCCc1cncnc1N1CCC(N2CCC[C@@H](C(=O)NCCOC)C2)CC1. The van der Waals surface area contributed by atoms with Crippen molar-refractivity contribution in [3.8, 4) is 0 Å². The Balaban J connectivity index is 1.51. The van der Waals surface area contributed by atoms with Crippen LogP contribution in [-0.2, 0) is 16.0 Å². The summed E-state index contributed by atoms with van der Waals surface area (Å²) in [6, 6.07) is 0.572. The Morgan fingerprint density at radius 1 is 1.29 bits per heavy atom. The third-order valence-corrected chi connectivity index (χ3v) is 5.99. The summed E-state index contributed by atoms with van der Waals surface area (Å²) in [7, 11) is 1.66. The smallest absolute Gasteiger partial charge is 0.224 e. The number of ether oxygens (including phenoxy) is 1. The van der Waals surface area contributed by atoms with Gasteiger partial charge in [0.05, 0.1) is 12.5 Å². The third-order valence-electron chi connectivity index (χ3n) is 5.99. The molecule has 2 aliphatic rings. The molecule has 0 radical (unpaired) electrons. The number of carbonyl (C=O) groups excluding carboxylic acids is 1. The Kier molecular flexibility index (Phi) is 8.03. The van der Waals surface area contributed by atoms with Crippen LogP contribution in [0.1, 0.15) is 44.6 Å². The van der Waals surface area contributed by atoms with Gasteiger partial charge in [-0.2, -0.15) is 0 Å². The number of hydrogen-bond acceptors (Lipinski definition) is 6. The Morgan fingerprint density at radius 3 is 2.86 bits per heavy atom. The third kappa shape index (κ3) is 5.41. The molecule has 0 saturated carbocycles. The molecule has 1 aromatic rings. The molecule has 0 aromatic carbocycles. The quantitative estimate of drug-likeness (QED) is 0.685. The maximum absolute atomic E-state index is 12.4. The molecule has 1 N–H and O–H groups in total. The van der Waals surface area contributed by atoms with Crippen LogP contribution in [0.4, 0.5) is 5.82 Å². The van der Waals surface area contributed by atoms with E-state index in [0.29, 0.717) is 19.2 Å². The second kappa shape index (κ2) is 10.7. The molecule has 2 fully saturated rings. The van der Waals surface area contributed by atoms with Crippen LogP contribution in [0.25, 0.3) is 0 Å². The van der Waals surface area contributed by atoms with E-state index in [2.05, 4.69) is 32.0 Å². The molecule has 28 heavy (non-hydrogen) atoms. The highest BCUT2D eigenvalue weighted by Crippen LogP contribution is 2.27. The van der Waals surface area contributed by atoms with Gasteiger partial charge < -0.3 is 15.0 Å². The summed E-state index contributed by atoms with van der Waals surface area (Å²) in [4.78, 5) is 26.2. The molecular weight excluding hydrogens is 354 g/mol. The normalized spacial score (nSPS) is 21.6. The molecular formula is C21H35N5O2. The molecule has 1 amide bonds. The molecule has 1 atom stereocenters. The van der Waals surface area contributed by atoms with Gasteiger partial charge in [-0.25, -0.2) is 9.97 Å². The number of piperidine rings is 2. The predicted octanol–water partition coefficient (Wildman–Crippen LogP) is 1.87. The van der Waals surface area contributed by atoms with Crippen molar-refractivity contribution < 1.29 is 9.53 Å². The Bertz CT molecular complexity index is 619. The molecule has 7 heteroatoms. The van der Waals surface area contributed by atoms with Gasteiger partial charge in [0.2, 0.25) is 5.91 Å². The maximum Gasteiger partial charge on any atom is 0.224 e. The number of carbonyl (C=O) groups is 1. The Morgan fingerprint density at radius 2 is 2.11 bits per heavy atom. The molecule has 0 unspecified atom stereocenters. The average molecular weight is 390 g/mol. The minimum Gasteiger partial charge on any atom is -0.383 e. The fourth-order valence-electron chi connectivity index (χ4n) is 4.50. The van der Waals surface area contributed by atoms with Crippen molar-refractivity contribution in [2.75, 3.05) is 51.3 Å². The summed E-state index contributed by atoms with van der Waals surface area (Å²) in [6.45, 7) is 7.42. The van der Waals surface area contributed by atoms with Crippen molar-refractivity contribution in [3.63, 3.8) is 0 Å². The summed E-state index contributed by atoms with van der Waals surface area (Å²) in [6.07, 6.45) is 10.1. The van der Waals surface area contributed by atoms with Crippen molar-refractivity contribution in [1.29, 1.82) is 0 Å². The van der Waals surface area contributed by atoms with E-state index in [1.54, 1.807) is 13.4 Å². The van der Waals surface area contributed by atoms with Crippen LogP contribution in [0.2, 0.25) is 0 Å². The number of likely N-dealkylation sites (tertiary alicyclic amines) is 1. The lowest BCUT2D eigenvalue weighted by atomic mass is 9.93. The predicted molar refractivity (Wildman–Crippen MR) is 110 cm³/mol. The zero-order valence-corrected chi connectivity index (χ0v) is 17.4. The molecule has 2 aliphatic heterocycles. The average Bonchev–Trinajstić information content (AvgIpc) is 2.75. The summed E-state index contributed by atoms with van der Waals surface area (Å²) >= 11 is 0. The summed E-state index contributed by atoms with van der Waals surface area (Å²) in [5.74, 6) is 1.41. The lowest BCUT2D eigenvalue weighted by Crippen LogP contribution is -2.51. The van der Waals surface area contributed by atoms with E-state index in [1.807, 2.05) is 6.20 Å². The van der Waals surface area contributed by atoms with E-state index in [1.165, 1.54) is 5.56 Å². The zero-order valence-electron chi connectivity index (χ0n) is 17.4. The van der Waals surface area contributed by atoms with Gasteiger partial charge in [0, 0.05) is 51.1 Å². The molecule has 3 rings (SSSR count). The molecule has 0 aliphatic carbocycles. The summed E-state index contributed by atoms with van der Waals surface area (Å²) < 4.78 is 5.03. The van der Waals surface area contributed by atoms with Crippen LogP contribution >= 0.6 is 0 Å². The van der Waals surface area contributed by atoms with E-state index in [4.69, 9.17) is 4.74 Å². The first-order valence-corrected chi connectivity index (χ1v) is 10.8. The van der Waals surface area contributed by atoms with Gasteiger partial charge in [-0.1, -0.05) is 13.3 Å². The van der Waals surface area contributed by atoms with Crippen LogP contribution in [-0.4, -0.2) is 73.3 Å². The van der Waals surface area contributed by atoms with Crippen molar-refractivity contribution in [2.24, 2.45) is 5.92 Å². The van der Waals surface area contributed by atoms with Crippen molar-refractivity contribution in [3.05, 3.63) is 18.1 Å². The van der Waals surface area contributed by atoms with Gasteiger partial charge in [-0.15, -0.1) is 0 Å². The molecule has 0 spiro atoms. The number of aromatic nitrogens is 2. The van der Waals surface area contributed by atoms with Crippen LogP contribution in [0.3, 0.4) is 0 Å². The second-order valence-electron chi connectivity index (χ2n) is 7.96. The number of amides is 1. The first-order chi connectivity index (χ1) is 13.7. The molecule has 3 heterocycles. The van der Waals surface area contributed by atoms with Gasteiger partial charge in [-0.3, -0.25) is 9.69 Å². The van der Waals surface area contributed by atoms with Crippen LogP contribution in [0.15, 0.2) is 12.5 Å². The molecule has 7 nitrogen and oxygen atoms in total.